The summed E-state index contributed by atoms with van der Waals surface area (Å²) >= 11 is 3.44. The maximum absolute atomic E-state index is 12.3. The molecule has 2 aromatic carbocycles. The molecule has 0 aliphatic heterocycles. The summed E-state index contributed by atoms with van der Waals surface area (Å²) in [6.45, 7) is 5.94. The van der Waals surface area contributed by atoms with Crippen LogP contribution in [-0.2, 0) is 4.74 Å². The first-order valence-corrected chi connectivity index (χ1v) is 8.95. The number of para-hydroxylation sites is 1. The molecule has 2 aromatic rings. The van der Waals surface area contributed by atoms with Gasteiger partial charge in [0, 0.05) is 11.5 Å². The summed E-state index contributed by atoms with van der Waals surface area (Å²) in [4.78, 5) is 13.8. The molecule has 0 bridgehead atoms. The molecule has 0 spiro atoms. The zero-order chi connectivity index (χ0) is 18.4. The summed E-state index contributed by atoms with van der Waals surface area (Å²) in [5, 5.41) is 0. The van der Waals surface area contributed by atoms with Crippen molar-refractivity contribution in [3.05, 3.63) is 64.6 Å². The Morgan fingerprint density at radius 1 is 1.08 bits per heavy atom. The van der Waals surface area contributed by atoms with Crippen molar-refractivity contribution in [1.82, 2.24) is 4.90 Å². The Morgan fingerprint density at radius 2 is 1.68 bits per heavy atom. The number of benzene rings is 2. The van der Waals surface area contributed by atoms with E-state index >= 15 is 0 Å². The summed E-state index contributed by atoms with van der Waals surface area (Å²) < 4.78 is 12.6. The highest BCUT2D eigenvalue weighted by Crippen LogP contribution is 2.24. The first-order chi connectivity index (χ1) is 11.7. The Balaban J connectivity index is 2.16. The second kappa shape index (κ2) is 8.39. The van der Waals surface area contributed by atoms with Gasteiger partial charge in [-0.15, -0.1) is 0 Å². The molecule has 0 saturated carbocycles. The lowest BCUT2D eigenvalue weighted by Crippen LogP contribution is -2.37. The smallest absolute Gasteiger partial charge is 0.410 e. The van der Waals surface area contributed by atoms with Crippen molar-refractivity contribution < 1.29 is 14.3 Å². The van der Waals surface area contributed by atoms with Crippen molar-refractivity contribution in [3.8, 4) is 5.75 Å². The van der Waals surface area contributed by atoms with Gasteiger partial charge in [0.05, 0.1) is 6.54 Å². The van der Waals surface area contributed by atoms with Gasteiger partial charge >= 0.3 is 6.09 Å². The number of hydrogen-bond acceptors (Lipinski definition) is 3. The second-order valence-corrected chi connectivity index (χ2v) is 7.75. The van der Waals surface area contributed by atoms with E-state index in [2.05, 4.69) is 15.9 Å². The van der Waals surface area contributed by atoms with Crippen molar-refractivity contribution in [1.29, 1.82) is 0 Å². The summed E-state index contributed by atoms with van der Waals surface area (Å²) in [5.41, 5.74) is 0.459. The summed E-state index contributed by atoms with van der Waals surface area (Å²) in [6.07, 6.45) is -0.667. The molecule has 25 heavy (non-hydrogen) atoms. The van der Waals surface area contributed by atoms with Gasteiger partial charge in [0.25, 0.3) is 0 Å². The minimum Gasteiger partial charge on any atom is -0.484 e. The number of amides is 1. The first kappa shape index (κ1) is 19.3. The van der Waals surface area contributed by atoms with E-state index in [0.717, 1.165) is 15.8 Å². The topological polar surface area (TPSA) is 38.8 Å². The molecular formula is C20H24BrNO3. The fourth-order valence-electron chi connectivity index (χ4n) is 2.21. The van der Waals surface area contributed by atoms with Gasteiger partial charge in [-0.1, -0.05) is 46.3 Å². The molecule has 1 unspecified atom stereocenters. The average molecular weight is 406 g/mol. The molecule has 0 heterocycles. The summed E-state index contributed by atoms with van der Waals surface area (Å²) in [6, 6.07) is 17.5. The highest BCUT2D eigenvalue weighted by Gasteiger charge is 2.23. The lowest BCUT2D eigenvalue weighted by atomic mass is 10.1. The van der Waals surface area contributed by atoms with Gasteiger partial charge < -0.3 is 14.4 Å². The standard InChI is InChI=1S/C20H24BrNO3/c1-20(2,3)25-19(23)22(4)14-18(15-10-12-16(21)13-11-15)24-17-8-6-5-7-9-17/h5-13,18H,14H2,1-4H3. The van der Waals surface area contributed by atoms with E-state index in [4.69, 9.17) is 9.47 Å². The van der Waals surface area contributed by atoms with E-state index in [1.54, 1.807) is 11.9 Å². The minimum absolute atomic E-state index is 0.298. The second-order valence-electron chi connectivity index (χ2n) is 6.83. The van der Waals surface area contributed by atoms with Crippen molar-refractivity contribution in [2.75, 3.05) is 13.6 Å². The van der Waals surface area contributed by atoms with E-state index in [-0.39, 0.29) is 12.2 Å². The zero-order valence-corrected chi connectivity index (χ0v) is 16.6. The number of ether oxygens (including phenoxy) is 2. The Kier molecular flexibility index (Phi) is 6.48. The van der Waals surface area contributed by atoms with E-state index in [1.165, 1.54) is 0 Å². The third kappa shape index (κ3) is 6.42. The van der Waals surface area contributed by atoms with Crippen molar-refractivity contribution in [2.24, 2.45) is 0 Å². The number of carbonyl (C=O) groups excluding carboxylic acids is 1. The number of rotatable bonds is 5. The van der Waals surface area contributed by atoms with Crippen LogP contribution in [0.5, 0.6) is 5.75 Å². The molecule has 1 amide bonds. The molecule has 0 aliphatic carbocycles. The van der Waals surface area contributed by atoms with Gasteiger partial charge in [0.15, 0.2) is 0 Å². The normalized spacial score (nSPS) is 12.4. The quantitative estimate of drug-likeness (QED) is 0.664. The van der Waals surface area contributed by atoms with Crippen LogP contribution in [0.1, 0.15) is 32.4 Å². The van der Waals surface area contributed by atoms with Crippen LogP contribution in [0.25, 0.3) is 0 Å². The lowest BCUT2D eigenvalue weighted by molar-refractivity contribution is 0.0226. The fourth-order valence-corrected chi connectivity index (χ4v) is 2.48. The first-order valence-electron chi connectivity index (χ1n) is 8.16. The average Bonchev–Trinajstić information content (AvgIpc) is 2.54. The number of hydrogen-bond donors (Lipinski definition) is 0. The van der Waals surface area contributed by atoms with Crippen LogP contribution in [-0.4, -0.2) is 30.2 Å². The van der Waals surface area contributed by atoms with E-state index < -0.39 is 5.60 Å². The highest BCUT2D eigenvalue weighted by atomic mass is 79.9. The molecular weight excluding hydrogens is 382 g/mol. The maximum Gasteiger partial charge on any atom is 0.410 e. The largest absolute Gasteiger partial charge is 0.484 e. The van der Waals surface area contributed by atoms with Crippen LogP contribution < -0.4 is 4.74 Å². The summed E-state index contributed by atoms with van der Waals surface area (Å²) in [5.74, 6) is 0.757. The Labute approximate surface area is 157 Å². The van der Waals surface area contributed by atoms with Crippen LogP contribution in [0.4, 0.5) is 4.79 Å². The molecule has 0 N–H and O–H groups in total. The van der Waals surface area contributed by atoms with Gasteiger partial charge in [-0.05, 0) is 50.6 Å². The third-order valence-electron chi connectivity index (χ3n) is 3.41. The van der Waals surface area contributed by atoms with Crippen molar-refractivity contribution in [3.63, 3.8) is 0 Å². The van der Waals surface area contributed by atoms with E-state index in [1.807, 2.05) is 75.4 Å². The van der Waals surface area contributed by atoms with Crippen molar-refractivity contribution >= 4 is 22.0 Å². The van der Waals surface area contributed by atoms with Gasteiger partial charge in [0.1, 0.15) is 17.5 Å². The monoisotopic (exact) mass is 405 g/mol. The fraction of sp³-hybridized carbons (Fsp3) is 0.350. The lowest BCUT2D eigenvalue weighted by Gasteiger charge is -2.28. The van der Waals surface area contributed by atoms with Crippen LogP contribution in [0, 0.1) is 0 Å². The van der Waals surface area contributed by atoms with Crippen molar-refractivity contribution in [2.45, 2.75) is 32.5 Å². The predicted octanol–water partition coefficient (Wildman–Crippen LogP) is 5.44. The Morgan fingerprint density at radius 3 is 2.24 bits per heavy atom. The van der Waals surface area contributed by atoms with Gasteiger partial charge in [-0.25, -0.2) is 4.79 Å². The number of halogens is 1. The molecule has 1 atom stereocenters. The predicted molar refractivity (Wildman–Crippen MR) is 103 cm³/mol. The minimum atomic E-state index is -0.529. The van der Waals surface area contributed by atoms with Crippen LogP contribution in [0.3, 0.4) is 0 Å². The van der Waals surface area contributed by atoms with Gasteiger partial charge in [-0.2, -0.15) is 0 Å². The maximum atomic E-state index is 12.3. The molecule has 2 rings (SSSR count). The zero-order valence-electron chi connectivity index (χ0n) is 15.0. The van der Waals surface area contributed by atoms with E-state index in [9.17, 15) is 4.79 Å². The molecule has 0 radical (unpaired) electrons. The molecule has 4 nitrogen and oxygen atoms in total. The molecule has 5 heteroatoms. The van der Waals surface area contributed by atoms with Crippen LogP contribution >= 0.6 is 15.9 Å². The molecule has 0 aromatic heterocycles. The van der Waals surface area contributed by atoms with Crippen LogP contribution in [0.15, 0.2) is 59.1 Å². The number of carbonyl (C=O) groups is 1. The molecule has 134 valence electrons. The molecule has 0 fully saturated rings. The third-order valence-corrected chi connectivity index (χ3v) is 3.94. The SMILES string of the molecule is CN(CC(Oc1ccccc1)c1ccc(Br)cc1)C(=O)OC(C)(C)C. The number of likely N-dealkylation sites (N-methyl/N-ethyl adjacent to an activating group) is 1. The molecule has 0 saturated heterocycles. The Hall–Kier alpha value is -2.01. The summed E-state index contributed by atoms with van der Waals surface area (Å²) in [7, 11) is 1.72. The van der Waals surface area contributed by atoms with Crippen LogP contribution in [0.2, 0.25) is 0 Å². The molecule has 0 aliphatic rings. The Bertz CT molecular complexity index is 680. The van der Waals surface area contributed by atoms with E-state index in [0.29, 0.717) is 6.54 Å². The van der Waals surface area contributed by atoms with Gasteiger partial charge in [0.2, 0.25) is 0 Å². The highest BCUT2D eigenvalue weighted by molar-refractivity contribution is 9.10. The van der Waals surface area contributed by atoms with Gasteiger partial charge in [-0.3, -0.25) is 0 Å². The number of nitrogens with zero attached hydrogens (tertiary/aromatic N) is 1.